The second-order valence-electron chi connectivity index (χ2n) is 4.65. The summed E-state index contributed by atoms with van der Waals surface area (Å²) >= 11 is 0. The molecular formula is C14H22FNO2. The minimum atomic E-state index is -0.369. The Morgan fingerprint density at radius 3 is 2.61 bits per heavy atom. The van der Waals surface area contributed by atoms with Gasteiger partial charge >= 0.3 is 0 Å². The van der Waals surface area contributed by atoms with Crippen LogP contribution in [0.3, 0.4) is 0 Å². The highest BCUT2D eigenvalue weighted by Crippen LogP contribution is 2.21. The predicted octanol–water partition coefficient (Wildman–Crippen LogP) is 2.90. The molecule has 0 saturated heterocycles. The van der Waals surface area contributed by atoms with E-state index >= 15 is 0 Å². The summed E-state index contributed by atoms with van der Waals surface area (Å²) in [5, 5.41) is 12.3. The maximum Gasteiger partial charge on any atom is 0.167 e. The van der Waals surface area contributed by atoms with Crippen LogP contribution in [0.15, 0.2) is 18.2 Å². The topological polar surface area (TPSA) is 41.5 Å². The van der Waals surface area contributed by atoms with Crippen molar-refractivity contribution < 1.29 is 14.2 Å². The van der Waals surface area contributed by atoms with Crippen molar-refractivity contribution >= 4 is 5.69 Å². The van der Waals surface area contributed by atoms with Crippen LogP contribution in [0.25, 0.3) is 0 Å². The van der Waals surface area contributed by atoms with Gasteiger partial charge in [-0.15, -0.1) is 0 Å². The molecule has 0 aliphatic heterocycles. The molecule has 0 bridgehead atoms. The van der Waals surface area contributed by atoms with Crippen LogP contribution in [0.4, 0.5) is 10.1 Å². The lowest BCUT2D eigenvalue weighted by Crippen LogP contribution is -2.22. The molecule has 18 heavy (non-hydrogen) atoms. The maximum atomic E-state index is 13.6. The lowest BCUT2D eigenvalue weighted by molar-refractivity contribution is 0.198. The summed E-state index contributed by atoms with van der Waals surface area (Å²) in [7, 11) is 0. The number of hydrogen-bond donors (Lipinski definition) is 2. The third-order valence-corrected chi connectivity index (χ3v) is 2.98. The average molecular weight is 255 g/mol. The lowest BCUT2D eigenvalue weighted by Gasteiger charge is -2.19. The number of aliphatic hydroxyl groups excluding tert-OH is 1. The number of hydrogen-bond acceptors (Lipinski definition) is 3. The monoisotopic (exact) mass is 255 g/mol. The zero-order valence-electron chi connectivity index (χ0n) is 11.2. The average Bonchev–Trinajstić information content (AvgIpc) is 2.33. The molecule has 0 fully saturated rings. The van der Waals surface area contributed by atoms with E-state index in [-0.39, 0.29) is 24.1 Å². The van der Waals surface area contributed by atoms with Crippen LogP contribution in [0.1, 0.15) is 20.8 Å². The van der Waals surface area contributed by atoms with E-state index in [1.165, 1.54) is 6.07 Å². The molecule has 2 N–H and O–H groups in total. The van der Waals surface area contributed by atoms with Crippen molar-refractivity contribution in [3.63, 3.8) is 0 Å². The summed E-state index contributed by atoms with van der Waals surface area (Å²) in [5.41, 5.74) is 0.704. The van der Waals surface area contributed by atoms with E-state index in [0.29, 0.717) is 24.8 Å². The Labute approximate surface area is 108 Å². The minimum Gasteiger partial charge on any atom is -0.491 e. The second-order valence-corrected chi connectivity index (χ2v) is 4.65. The fraction of sp³-hybridized carbons (Fsp3) is 0.571. The summed E-state index contributed by atoms with van der Waals surface area (Å²) in [6.07, 6.45) is 0. The zero-order chi connectivity index (χ0) is 13.5. The molecule has 3 nitrogen and oxygen atoms in total. The highest BCUT2D eigenvalue weighted by Gasteiger charge is 2.12. The Bertz CT molecular complexity index is 369. The van der Waals surface area contributed by atoms with E-state index in [4.69, 9.17) is 4.74 Å². The van der Waals surface area contributed by atoms with E-state index in [9.17, 15) is 9.50 Å². The predicted molar refractivity (Wildman–Crippen MR) is 71.5 cm³/mol. The summed E-state index contributed by atoms with van der Waals surface area (Å²) in [5.74, 6) is 0.451. The largest absolute Gasteiger partial charge is 0.491 e. The van der Waals surface area contributed by atoms with Crippen molar-refractivity contribution in [3.05, 3.63) is 24.0 Å². The van der Waals surface area contributed by atoms with Crippen LogP contribution in [0.2, 0.25) is 0 Å². The van der Waals surface area contributed by atoms with Gasteiger partial charge in [0.05, 0.1) is 6.61 Å². The van der Waals surface area contributed by atoms with Crippen LogP contribution in [-0.4, -0.2) is 24.9 Å². The molecular weight excluding hydrogens is 233 g/mol. The zero-order valence-corrected chi connectivity index (χ0v) is 11.2. The molecule has 0 amide bonds. The Balaban J connectivity index is 2.60. The van der Waals surface area contributed by atoms with E-state index < -0.39 is 0 Å². The van der Waals surface area contributed by atoms with Crippen LogP contribution in [0.5, 0.6) is 5.75 Å². The molecule has 4 heteroatoms. The van der Waals surface area contributed by atoms with E-state index in [0.717, 1.165) is 0 Å². The first kappa shape index (κ1) is 14.8. The van der Waals surface area contributed by atoms with Gasteiger partial charge in [-0.1, -0.05) is 13.8 Å². The fourth-order valence-corrected chi connectivity index (χ4v) is 1.64. The minimum absolute atomic E-state index is 0.129. The van der Waals surface area contributed by atoms with Gasteiger partial charge in [0.1, 0.15) is 0 Å². The van der Waals surface area contributed by atoms with E-state index in [1.807, 2.05) is 6.92 Å². The molecule has 1 aromatic carbocycles. The van der Waals surface area contributed by atoms with Gasteiger partial charge < -0.3 is 15.2 Å². The third-order valence-electron chi connectivity index (χ3n) is 2.98. The maximum absolute atomic E-state index is 13.6. The standard InChI is InChI=1S/C14H22FNO2/c1-4-18-14-6-5-12(7-13(14)15)16-8-11(9-17)10(2)3/h5-7,10-11,16-17H,4,8-9H2,1-3H3. The van der Waals surface area contributed by atoms with Crippen molar-refractivity contribution in [3.8, 4) is 5.75 Å². The molecule has 1 unspecified atom stereocenters. The summed E-state index contributed by atoms with van der Waals surface area (Å²) in [6, 6.07) is 4.81. The molecule has 0 spiro atoms. The Morgan fingerprint density at radius 1 is 1.39 bits per heavy atom. The summed E-state index contributed by atoms with van der Waals surface area (Å²) in [6.45, 7) is 7.14. The molecule has 0 aliphatic rings. The highest BCUT2D eigenvalue weighted by molar-refractivity contribution is 5.47. The molecule has 0 aromatic heterocycles. The summed E-state index contributed by atoms with van der Waals surface area (Å²) in [4.78, 5) is 0. The Hall–Kier alpha value is -1.29. The number of ether oxygens (including phenoxy) is 1. The lowest BCUT2D eigenvalue weighted by atomic mass is 9.97. The van der Waals surface area contributed by atoms with Gasteiger partial charge in [-0.05, 0) is 25.0 Å². The molecule has 1 aromatic rings. The van der Waals surface area contributed by atoms with Crippen LogP contribution < -0.4 is 10.1 Å². The molecule has 0 saturated carbocycles. The molecule has 0 heterocycles. The SMILES string of the molecule is CCOc1ccc(NCC(CO)C(C)C)cc1F. The van der Waals surface area contributed by atoms with E-state index in [2.05, 4.69) is 19.2 Å². The second kappa shape index (κ2) is 7.21. The number of anilines is 1. The number of benzene rings is 1. The Kier molecular flexibility index (Phi) is 5.92. The molecule has 102 valence electrons. The molecule has 1 rings (SSSR count). The van der Waals surface area contributed by atoms with Gasteiger partial charge in [-0.3, -0.25) is 0 Å². The van der Waals surface area contributed by atoms with Gasteiger partial charge in [-0.2, -0.15) is 0 Å². The smallest absolute Gasteiger partial charge is 0.167 e. The van der Waals surface area contributed by atoms with Gasteiger partial charge in [0, 0.05) is 30.8 Å². The molecule has 0 radical (unpaired) electrons. The number of nitrogens with one attached hydrogen (secondary N) is 1. The Morgan fingerprint density at radius 2 is 2.11 bits per heavy atom. The van der Waals surface area contributed by atoms with Crippen molar-refractivity contribution in [2.24, 2.45) is 11.8 Å². The van der Waals surface area contributed by atoms with Gasteiger partial charge in [0.2, 0.25) is 0 Å². The van der Waals surface area contributed by atoms with Crippen LogP contribution in [0, 0.1) is 17.7 Å². The third kappa shape index (κ3) is 4.18. The summed E-state index contributed by atoms with van der Waals surface area (Å²) < 4.78 is 18.7. The van der Waals surface area contributed by atoms with Crippen molar-refractivity contribution in [2.45, 2.75) is 20.8 Å². The number of halogens is 1. The number of rotatable bonds is 7. The highest BCUT2D eigenvalue weighted by atomic mass is 19.1. The van der Waals surface area contributed by atoms with Gasteiger partial charge in [-0.25, -0.2) is 4.39 Å². The molecule has 1 atom stereocenters. The quantitative estimate of drug-likeness (QED) is 0.787. The fourth-order valence-electron chi connectivity index (χ4n) is 1.64. The van der Waals surface area contributed by atoms with Crippen LogP contribution in [-0.2, 0) is 0 Å². The first-order valence-electron chi connectivity index (χ1n) is 6.35. The number of aliphatic hydroxyl groups is 1. The van der Waals surface area contributed by atoms with Gasteiger partial charge in [0.25, 0.3) is 0 Å². The van der Waals surface area contributed by atoms with Gasteiger partial charge in [0.15, 0.2) is 11.6 Å². The van der Waals surface area contributed by atoms with Crippen molar-refractivity contribution in [1.82, 2.24) is 0 Å². The van der Waals surface area contributed by atoms with Crippen molar-refractivity contribution in [2.75, 3.05) is 25.1 Å². The van der Waals surface area contributed by atoms with Crippen LogP contribution >= 0.6 is 0 Å². The normalized spacial score (nSPS) is 12.6. The first-order chi connectivity index (χ1) is 8.58. The first-order valence-corrected chi connectivity index (χ1v) is 6.35. The van der Waals surface area contributed by atoms with E-state index in [1.54, 1.807) is 12.1 Å². The molecule has 0 aliphatic carbocycles. The van der Waals surface area contributed by atoms with Crippen molar-refractivity contribution in [1.29, 1.82) is 0 Å².